The third-order valence-corrected chi connectivity index (χ3v) is 4.57. The molecule has 4 rings (SSSR count). The lowest BCUT2D eigenvalue weighted by molar-refractivity contribution is 0.0728. The summed E-state index contributed by atoms with van der Waals surface area (Å²) < 4.78 is 13.9. The Morgan fingerprint density at radius 2 is 1.92 bits per heavy atom. The molecule has 26 heavy (non-hydrogen) atoms. The van der Waals surface area contributed by atoms with E-state index in [4.69, 9.17) is 0 Å². The largest absolute Gasteiger partial charge is 0.360 e. The minimum absolute atomic E-state index is 0.0814. The summed E-state index contributed by atoms with van der Waals surface area (Å²) in [6, 6.07) is 18.3. The van der Waals surface area contributed by atoms with Crippen molar-refractivity contribution < 1.29 is 9.18 Å². The monoisotopic (exact) mass is 347 g/mol. The van der Waals surface area contributed by atoms with Gasteiger partial charge in [0.15, 0.2) is 0 Å². The number of fused-ring (bicyclic) bond motifs is 1. The van der Waals surface area contributed by atoms with Gasteiger partial charge in [-0.1, -0.05) is 36.4 Å². The van der Waals surface area contributed by atoms with Crippen molar-refractivity contribution in [3.63, 3.8) is 0 Å². The molecule has 0 saturated heterocycles. The molecule has 0 bridgehead atoms. The average Bonchev–Trinajstić information content (AvgIpc) is 2.92. The molecular formula is C21H18FN3O. The Bertz CT molecular complexity index is 958. The highest BCUT2D eigenvalue weighted by Gasteiger charge is 2.37. The van der Waals surface area contributed by atoms with Crippen LogP contribution in [0.1, 0.15) is 33.3 Å². The summed E-state index contributed by atoms with van der Waals surface area (Å²) in [5.41, 5.74) is 3.46. The van der Waals surface area contributed by atoms with E-state index in [0.717, 1.165) is 5.56 Å². The predicted octanol–water partition coefficient (Wildman–Crippen LogP) is 4.30. The zero-order valence-corrected chi connectivity index (χ0v) is 14.3. The second-order valence-electron chi connectivity index (χ2n) is 6.37. The van der Waals surface area contributed by atoms with Crippen molar-refractivity contribution in [1.82, 2.24) is 9.88 Å². The van der Waals surface area contributed by atoms with Crippen LogP contribution in [0.4, 0.5) is 10.1 Å². The zero-order valence-electron chi connectivity index (χ0n) is 14.3. The predicted molar refractivity (Wildman–Crippen MR) is 98.1 cm³/mol. The fourth-order valence-corrected chi connectivity index (χ4v) is 3.17. The fourth-order valence-electron chi connectivity index (χ4n) is 3.17. The molecule has 130 valence electrons. The van der Waals surface area contributed by atoms with E-state index >= 15 is 0 Å². The number of anilines is 1. The van der Waals surface area contributed by atoms with Gasteiger partial charge in [0, 0.05) is 18.4 Å². The van der Waals surface area contributed by atoms with E-state index in [1.165, 1.54) is 6.07 Å². The van der Waals surface area contributed by atoms with Gasteiger partial charge in [0.25, 0.3) is 5.91 Å². The number of rotatable bonds is 4. The average molecular weight is 347 g/mol. The number of carbonyl (C=O) groups excluding carboxylic acids is 1. The standard InChI is InChI=1S/C21H18FN3O/c1-14-9-10-16(12-18(14)22)24-20-19-17(8-5-11-23-19)21(26)25(20)13-15-6-3-2-4-7-15/h2-12,20,24H,13H2,1H3. The minimum Gasteiger partial charge on any atom is -0.360 e. The minimum atomic E-state index is -0.444. The highest BCUT2D eigenvalue weighted by atomic mass is 19.1. The quantitative estimate of drug-likeness (QED) is 0.765. The van der Waals surface area contributed by atoms with E-state index < -0.39 is 6.17 Å². The highest BCUT2D eigenvalue weighted by Crippen LogP contribution is 2.34. The van der Waals surface area contributed by atoms with Crippen LogP contribution in [0, 0.1) is 12.7 Å². The number of nitrogens with zero attached hydrogens (tertiary/aromatic N) is 2. The lowest BCUT2D eigenvalue weighted by atomic mass is 10.2. The number of benzene rings is 2. The maximum atomic E-state index is 13.9. The van der Waals surface area contributed by atoms with E-state index in [1.54, 1.807) is 36.2 Å². The maximum absolute atomic E-state index is 13.9. The Labute approximate surface area is 151 Å². The molecule has 5 heteroatoms. The molecule has 0 spiro atoms. The van der Waals surface area contributed by atoms with Crippen LogP contribution in [0.3, 0.4) is 0 Å². The van der Waals surface area contributed by atoms with Gasteiger partial charge in [-0.15, -0.1) is 0 Å². The van der Waals surface area contributed by atoms with Gasteiger partial charge in [0.05, 0.1) is 11.3 Å². The zero-order chi connectivity index (χ0) is 18.1. The molecule has 1 aliphatic rings. The summed E-state index contributed by atoms with van der Waals surface area (Å²) in [5, 5.41) is 3.27. The van der Waals surface area contributed by atoms with Crippen molar-refractivity contribution in [3.8, 4) is 0 Å². The van der Waals surface area contributed by atoms with Crippen molar-refractivity contribution >= 4 is 11.6 Å². The summed E-state index contributed by atoms with van der Waals surface area (Å²) in [7, 11) is 0. The normalized spacial score (nSPS) is 15.8. The van der Waals surface area contributed by atoms with Gasteiger partial charge < -0.3 is 10.2 Å². The first kappa shape index (κ1) is 16.3. The number of carbonyl (C=O) groups is 1. The Morgan fingerprint density at radius 1 is 1.12 bits per heavy atom. The van der Waals surface area contributed by atoms with Crippen LogP contribution in [0.25, 0.3) is 0 Å². The summed E-state index contributed by atoms with van der Waals surface area (Å²) in [5.74, 6) is -0.364. The maximum Gasteiger partial charge on any atom is 0.258 e. The highest BCUT2D eigenvalue weighted by molar-refractivity contribution is 5.98. The number of pyridine rings is 1. The first-order valence-electron chi connectivity index (χ1n) is 8.46. The van der Waals surface area contributed by atoms with Gasteiger partial charge in [0.1, 0.15) is 12.0 Å². The van der Waals surface area contributed by atoms with Gasteiger partial charge >= 0.3 is 0 Å². The van der Waals surface area contributed by atoms with Crippen molar-refractivity contribution in [2.75, 3.05) is 5.32 Å². The second kappa shape index (κ2) is 6.59. The van der Waals surface area contributed by atoms with Gasteiger partial charge in [0.2, 0.25) is 0 Å². The van der Waals surface area contributed by atoms with Crippen LogP contribution < -0.4 is 5.32 Å². The van der Waals surface area contributed by atoms with Gasteiger partial charge in [-0.25, -0.2) is 4.39 Å². The lowest BCUT2D eigenvalue weighted by Crippen LogP contribution is -2.32. The Kier molecular flexibility index (Phi) is 4.13. The van der Waals surface area contributed by atoms with Crippen LogP contribution >= 0.6 is 0 Å². The summed E-state index contributed by atoms with van der Waals surface area (Å²) in [4.78, 5) is 19.0. The van der Waals surface area contributed by atoms with Crippen LogP contribution in [-0.4, -0.2) is 15.8 Å². The molecule has 0 radical (unpaired) electrons. The third-order valence-electron chi connectivity index (χ3n) is 4.57. The SMILES string of the molecule is Cc1ccc(NC2c3ncccc3C(=O)N2Cc2ccccc2)cc1F. The molecule has 1 unspecified atom stereocenters. The van der Waals surface area contributed by atoms with E-state index in [1.807, 2.05) is 36.4 Å². The smallest absolute Gasteiger partial charge is 0.258 e. The third kappa shape index (κ3) is 2.92. The number of nitrogens with one attached hydrogen (secondary N) is 1. The van der Waals surface area contributed by atoms with Crippen molar-refractivity contribution in [1.29, 1.82) is 0 Å². The Balaban J connectivity index is 1.69. The van der Waals surface area contributed by atoms with Crippen LogP contribution in [0.15, 0.2) is 66.9 Å². The number of aromatic nitrogens is 1. The molecule has 4 nitrogen and oxygen atoms in total. The summed E-state index contributed by atoms with van der Waals surface area (Å²) in [6.45, 7) is 2.17. The van der Waals surface area contributed by atoms with E-state index in [0.29, 0.717) is 29.1 Å². The van der Waals surface area contributed by atoms with Crippen molar-refractivity contribution in [3.05, 3.63) is 95.1 Å². The first-order chi connectivity index (χ1) is 12.6. The van der Waals surface area contributed by atoms with Gasteiger partial charge in [-0.2, -0.15) is 0 Å². The van der Waals surface area contributed by atoms with Crippen molar-refractivity contribution in [2.45, 2.75) is 19.6 Å². The molecular weight excluding hydrogens is 329 g/mol. The molecule has 0 fully saturated rings. The molecule has 1 N–H and O–H groups in total. The van der Waals surface area contributed by atoms with Crippen LogP contribution in [0.2, 0.25) is 0 Å². The van der Waals surface area contributed by atoms with Crippen LogP contribution in [0.5, 0.6) is 0 Å². The molecule has 1 amide bonds. The lowest BCUT2D eigenvalue weighted by Gasteiger charge is -2.26. The fraction of sp³-hybridized carbons (Fsp3) is 0.143. The van der Waals surface area contributed by atoms with E-state index in [9.17, 15) is 9.18 Å². The molecule has 0 saturated carbocycles. The number of amides is 1. The van der Waals surface area contributed by atoms with Gasteiger partial charge in [-0.05, 0) is 42.3 Å². The molecule has 3 aromatic rings. The number of hydrogen-bond donors (Lipinski definition) is 1. The number of hydrogen-bond acceptors (Lipinski definition) is 3. The van der Waals surface area contributed by atoms with Crippen molar-refractivity contribution in [2.24, 2.45) is 0 Å². The molecule has 2 aromatic carbocycles. The molecule has 1 aliphatic heterocycles. The Hall–Kier alpha value is -3.21. The topological polar surface area (TPSA) is 45.2 Å². The summed E-state index contributed by atoms with van der Waals surface area (Å²) in [6.07, 6.45) is 1.23. The van der Waals surface area contributed by atoms with E-state index in [-0.39, 0.29) is 11.7 Å². The van der Waals surface area contributed by atoms with E-state index in [2.05, 4.69) is 10.3 Å². The molecule has 1 atom stereocenters. The molecule has 1 aromatic heterocycles. The van der Waals surface area contributed by atoms with Crippen LogP contribution in [-0.2, 0) is 6.54 Å². The second-order valence-corrected chi connectivity index (χ2v) is 6.37. The number of halogens is 1. The molecule has 2 heterocycles. The number of aryl methyl sites for hydroxylation is 1. The first-order valence-corrected chi connectivity index (χ1v) is 8.46. The summed E-state index contributed by atoms with van der Waals surface area (Å²) >= 11 is 0. The Morgan fingerprint density at radius 3 is 2.69 bits per heavy atom. The van der Waals surface area contributed by atoms with Gasteiger partial charge in [-0.3, -0.25) is 9.78 Å². The molecule has 0 aliphatic carbocycles.